The highest BCUT2D eigenvalue weighted by molar-refractivity contribution is 5.95. The molecule has 6 heteroatoms. The van der Waals surface area contributed by atoms with Crippen LogP contribution in [-0.2, 0) is 4.74 Å². The van der Waals surface area contributed by atoms with Gasteiger partial charge in [-0.15, -0.1) is 12.4 Å². The minimum Gasteiger partial charge on any atom is -0.377 e. The molecule has 0 aliphatic carbocycles. The van der Waals surface area contributed by atoms with E-state index >= 15 is 0 Å². The second-order valence-electron chi connectivity index (χ2n) is 6.19. The van der Waals surface area contributed by atoms with Crippen LogP contribution in [0.5, 0.6) is 0 Å². The molecule has 23 heavy (non-hydrogen) atoms. The SMILES string of the molecule is CC1COCCN1C(=O)c1cc(C2CCNCC2)ccc1F.Cl. The Labute approximate surface area is 142 Å². The molecule has 0 bridgehead atoms. The molecule has 2 aliphatic rings. The number of nitrogens with one attached hydrogen (secondary N) is 1. The van der Waals surface area contributed by atoms with Crippen molar-refractivity contribution in [2.45, 2.75) is 31.7 Å². The fourth-order valence-electron chi connectivity index (χ4n) is 3.30. The molecule has 1 aromatic rings. The first-order chi connectivity index (χ1) is 10.7. The molecule has 0 radical (unpaired) electrons. The summed E-state index contributed by atoms with van der Waals surface area (Å²) in [5, 5.41) is 3.33. The maximum absolute atomic E-state index is 14.2. The summed E-state index contributed by atoms with van der Waals surface area (Å²) in [6.07, 6.45) is 2.07. The molecule has 2 fully saturated rings. The van der Waals surface area contributed by atoms with Crippen molar-refractivity contribution >= 4 is 18.3 Å². The number of carbonyl (C=O) groups is 1. The predicted molar refractivity (Wildman–Crippen MR) is 89.8 cm³/mol. The number of hydrogen-bond donors (Lipinski definition) is 1. The van der Waals surface area contributed by atoms with Gasteiger partial charge in [0.1, 0.15) is 5.82 Å². The first kappa shape index (κ1) is 18.2. The third-order valence-electron chi connectivity index (χ3n) is 4.66. The monoisotopic (exact) mass is 342 g/mol. The first-order valence-corrected chi connectivity index (χ1v) is 8.05. The van der Waals surface area contributed by atoms with E-state index in [0.29, 0.717) is 25.7 Å². The molecule has 3 rings (SSSR count). The molecule has 1 aromatic carbocycles. The Kier molecular flexibility index (Phi) is 6.39. The molecule has 0 aromatic heterocycles. The Morgan fingerprint density at radius 1 is 1.35 bits per heavy atom. The van der Waals surface area contributed by atoms with Crippen LogP contribution in [0.15, 0.2) is 18.2 Å². The summed E-state index contributed by atoms with van der Waals surface area (Å²) in [6, 6.07) is 5.01. The second kappa shape index (κ2) is 8.08. The van der Waals surface area contributed by atoms with E-state index in [0.717, 1.165) is 31.5 Å². The summed E-state index contributed by atoms with van der Waals surface area (Å²) in [5.74, 6) is -0.235. The van der Waals surface area contributed by atoms with Gasteiger partial charge in [-0.1, -0.05) is 6.07 Å². The van der Waals surface area contributed by atoms with Crippen molar-refractivity contribution in [1.82, 2.24) is 10.2 Å². The molecule has 1 atom stereocenters. The highest BCUT2D eigenvalue weighted by Crippen LogP contribution is 2.27. The zero-order chi connectivity index (χ0) is 15.5. The van der Waals surface area contributed by atoms with Crippen molar-refractivity contribution in [3.8, 4) is 0 Å². The van der Waals surface area contributed by atoms with Gasteiger partial charge in [0.05, 0.1) is 24.8 Å². The van der Waals surface area contributed by atoms with E-state index in [2.05, 4.69) is 5.32 Å². The van der Waals surface area contributed by atoms with E-state index in [4.69, 9.17) is 4.74 Å². The van der Waals surface area contributed by atoms with Gasteiger partial charge in [-0.05, 0) is 56.5 Å². The molecule has 1 N–H and O–H groups in total. The zero-order valence-corrected chi connectivity index (χ0v) is 14.2. The van der Waals surface area contributed by atoms with Crippen LogP contribution in [0.25, 0.3) is 0 Å². The lowest BCUT2D eigenvalue weighted by Crippen LogP contribution is -2.47. The quantitative estimate of drug-likeness (QED) is 0.898. The van der Waals surface area contributed by atoms with Crippen molar-refractivity contribution in [2.24, 2.45) is 0 Å². The lowest BCUT2D eigenvalue weighted by atomic mass is 9.89. The van der Waals surface area contributed by atoms with Crippen LogP contribution in [0, 0.1) is 5.82 Å². The molecule has 2 aliphatic heterocycles. The molecule has 1 amide bonds. The van der Waals surface area contributed by atoms with E-state index in [1.807, 2.05) is 13.0 Å². The maximum Gasteiger partial charge on any atom is 0.257 e. The number of morpholine rings is 1. The predicted octanol–water partition coefficient (Wildman–Crippen LogP) is 2.58. The third-order valence-corrected chi connectivity index (χ3v) is 4.66. The lowest BCUT2D eigenvalue weighted by Gasteiger charge is -2.33. The summed E-state index contributed by atoms with van der Waals surface area (Å²) in [7, 11) is 0. The summed E-state index contributed by atoms with van der Waals surface area (Å²) >= 11 is 0. The van der Waals surface area contributed by atoms with E-state index in [-0.39, 0.29) is 29.9 Å². The lowest BCUT2D eigenvalue weighted by molar-refractivity contribution is 0.00334. The van der Waals surface area contributed by atoms with Gasteiger partial charge in [0.2, 0.25) is 0 Å². The fraction of sp³-hybridized carbons (Fsp3) is 0.588. The summed E-state index contributed by atoms with van der Waals surface area (Å²) in [4.78, 5) is 14.4. The normalized spacial score (nSPS) is 22.5. The Balaban J connectivity index is 0.00000192. The van der Waals surface area contributed by atoms with Gasteiger partial charge >= 0.3 is 0 Å². The Morgan fingerprint density at radius 3 is 2.78 bits per heavy atom. The number of nitrogens with zero attached hydrogens (tertiary/aromatic N) is 1. The minimum absolute atomic E-state index is 0. The molecule has 128 valence electrons. The molecule has 2 saturated heterocycles. The topological polar surface area (TPSA) is 41.6 Å². The largest absolute Gasteiger partial charge is 0.377 e. The van der Waals surface area contributed by atoms with Crippen molar-refractivity contribution in [3.05, 3.63) is 35.1 Å². The number of benzene rings is 1. The highest BCUT2D eigenvalue weighted by atomic mass is 35.5. The smallest absolute Gasteiger partial charge is 0.257 e. The van der Waals surface area contributed by atoms with Crippen LogP contribution in [0.1, 0.15) is 41.6 Å². The first-order valence-electron chi connectivity index (χ1n) is 8.05. The van der Waals surface area contributed by atoms with Gasteiger partial charge in [0, 0.05) is 6.54 Å². The van der Waals surface area contributed by atoms with Gasteiger partial charge in [-0.3, -0.25) is 4.79 Å². The van der Waals surface area contributed by atoms with Crippen LogP contribution < -0.4 is 5.32 Å². The van der Waals surface area contributed by atoms with Gasteiger partial charge in [-0.2, -0.15) is 0 Å². The number of rotatable bonds is 2. The van der Waals surface area contributed by atoms with Crippen molar-refractivity contribution < 1.29 is 13.9 Å². The Bertz CT molecular complexity index is 549. The van der Waals surface area contributed by atoms with E-state index in [1.165, 1.54) is 6.07 Å². The Morgan fingerprint density at radius 2 is 2.09 bits per heavy atom. The second-order valence-corrected chi connectivity index (χ2v) is 6.19. The molecule has 0 saturated carbocycles. The molecule has 4 nitrogen and oxygen atoms in total. The van der Waals surface area contributed by atoms with Crippen molar-refractivity contribution in [2.75, 3.05) is 32.8 Å². The van der Waals surface area contributed by atoms with Crippen molar-refractivity contribution in [3.63, 3.8) is 0 Å². The Hall–Kier alpha value is -1.17. The number of piperidine rings is 1. The molecule has 2 heterocycles. The van der Waals surface area contributed by atoms with Gasteiger partial charge in [0.25, 0.3) is 5.91 Å². The van der Waals surface area contributed by atoms with Gasteiger partial charge in [0.15, 0.2) is 0 Å². The van der Waals surface area contributed by atoms with Crippen LogP contribution in [-0.4, -0.2) is 49.7 Å². The van der Waals surface area contributed by atoms with Crippen LogP contribution >= 0.6 is 12.4 Å². The third kappa shape index (κ3) is 4.03. The fourth-order valence-corrected chi connectivity index (χ4v) is 3.30. The number of hydrogen-bond acceptors (Lipinski definition) is 3. The molecular weight excluding hydrogens is 319 g/mol. The summed E-state index contributed by atoms with van der Waals surface area (Å²) < 4.78 is 19.5. The standard InChI is InChI=1S/C17H23FN2O2.ClH/c1-12-11-22-9-8-20(12)17(21)15-10-14(2-3-16(15)18)13-4-6-19-7-5-13;/h2-3,10,12-13,19H,4-9,11H2,1H3;1H. The van der Waals surface area contributed by atoms with E-state index in [1.54, 1.807) is 11.0 Å². The number of halogens is 2. The average Bonchev–Trinajstić information content (AvgIpc) is 2.56. The van der Waals surface area contributed by atoms with E-state index < -0.39 is 5.82 Å². The summed E-state index contributed by atoms with van der Waals surface area (Å²) in [5.41, 5.74) is 1.27. The molecule has 1 unspecified atom stereocenters. The highest BCUT2D eigenvalue weighted by Gasteiger charge is 2.27. The van der Waals surface area contributed by atoms with Gasteiger partial charge < -0.3 is 15.0 Å². The van der Waals surface area contributed by atoms with Crippen LogP contribution in [0.2, 0.25) is 0 Å². The number of ether oxygens (including phenoxy) is 1. The van der Waals surface area contributed by atoms with Crippen LogP contribution in [0.3, 0.4) is 0 Å². The molecular formula is C17H24ClFN2O2. The summed E-state index contributed by atoms with van der Waals surface area (Å²) in [6.45, 7) is 5.45. The minimum atomic E-state index is -0.429. The van der Waals surface area contributed by atoms with Crippen LogP contribution in [0.4, 0.5) is 4.39 Å². The zero-order valence-electron chi connectivity index (χ0n) is 13.4. The molecule has 0 spiro atoms. The number of amides is 1. The maximum atomic E-state index is 14.2. The van der Waals surface area contributed by atoms with Crippen molar-refractivity contribution in [1.29, 1.82) is 0 Å². The van der Waals surface area contributed by atoms with E-state index in [9.17, 15) is 9.18 Å². The van der Waals surface area contributed by atoms with Gasteiger partial charge in [-0.25, -0.2) is 4.39 Å². The number of carbonyl (C=O) groups excluding carboxylic acids is 1. The average molecular weight is 343 g/mol.